The number of nitrogens with zero attached hydrogens (tertiary/aromatic N) is 3. The largest absolute Gasteiger partial charge is 0.495 e. The molecule has 1 aliphatic rings. The Labute approximate surface area is 201 Å². The molecular weight excluding hydrogens is 480 g/mol. The van der Waals surface area contributed by atoms with Crippen molar-refractivity contribution in [2.75, 3.05) is 32.1 Å². The molecule has 1 heterocycles. The molecule has 13 heteroatoms. The van der Waals surface area contributed by atoms with E-state index in [0.29, 0.717) is 0 Å². The number of nitrogens with one attached hydrogen (secondary N) is 1. The van der Waals surface area contributed by atoms with Gasteiger partial charge in [0.15, 0.2) is 0 Å². The maximum absolute atomic E-state index is 12.8. The highest BCUT2D eigenvalue weighted by molar-refractivity contribution is 7.89. The van der Waals surface area contributed by atoms with Crippen molar-refractivity contribution < 1.29 is 32.5 Å². The minimum Gasteiger partial charge on any atom is -0.495 e. The Morgan fingerprint density at radius 2 is 1.83 bits per heavy atom. The summed E-state index contributed by atoms with van der Waals surface area (Å²) in [6.45, 7) is 3.63. The van der Waals surface area contributed by atoms with Crippen LogP contribution in [0.1, 0.15) is 41.0 Å². The number of nitro groups is 1. The number of nitro benzene ring substituents is 1. The Balaban J connectivity index is 1.77. The van der Waals surface area contributed by atoms with Gasteiger partial charge in [0.2, 0.25) is 15.9 Å². The van der Waals surface area contributed by atoms with Crippen LogP contribution in [0, 0.1) is 10.1 Å². The van der Waals surface area contributed by atoms with Gasteiger partial charge in [0.25, 0.3) is 17.5 Å². The van der Waals surface area contributed by atoms with E-state index < -0.39 is 38.4 Å². The number of carbonyl (C=O) groups excluding carboxylic acids is 3. The first kappa shape index (κ1) is 25.8. The highest BCUT2D eigenvalue weighted by atomic mass is 32.2. The number of fused-ring (bicyclic) bond motifs is 1. The van der Waals surface area contributed by atoms with Gasteiger partial charge in [0.1, 0.15) is 11.3 Å². The van der Waals surface area contributed by atoms with Crippen molar-refractivity contribution in [2.24, 2.45) is 0 Å². The molecule has 0 spiro atoms. The number of amides is 3. The number of carbonyl (C=O) groups is 3. The standard InChI is InChI=1S/C22H24N4O8S/c1-4-24(5-2)35(32,33)14-9-10-18(34-3)16(13-14)23-19(27)11-12-25-21(28)15-7-6-8-17(26(30)31)20(15)22(25)29/h6-10,13H,4-5,11-12H2,1-3H3,(H,23,27). The summed E-state index contributed by atoms with van der Waals surface area (Å²) in [6, 6.07) is 7.81. The first-order valence-corrected chi connectivity index (χ1v) is 12.1. The summed E-state index contributed by atoms with van der Waals surface area (Å²) < 4.78 is 32.1. The zero-order chi connectivity index (χ0) is 25.9. The van der Waals surface area contributed by atoms with E-state index in [4.69, 9.17) is 4.74 Å². The third-order valence-electron chi connectivity index (χ3n) is 5.52. The third kappa shape index (κ3) is 4.86. The molecule has 0 unspecified atom stereocenters. The highest BCUT2D eigenvalue weighted by Crippen LogP contribution is 2.31. The average Bonchev–Trinajstić information content (AvgIpc) is 3.07. The summed E-state index contributed by atoms with van der Waals surface area (Å²) in [7, 11) is -2.44. The molecule has 35 heavy (non-hydrogen) atoms. The summed E-state index contributed by atoms with van der Waals surface area (Å²) in [5.41, 5.74) is -0.785. The van der Waals surface area contributed by atoms with E-state index in [1.165, 1.54) is 41.7 Å². The van der Waals surface area contributed by atoms with Gasteiger partial charge >= 0.3 is 0 Å². The van der Waals surface area contributed by atoms with Gasteiger partial charge in [0.05, 0.1) is 28.2 Å². The summed E-state index contributed by atoms with van der Waals surface area (Å²) in [5, 5.41) is 13.8. The van der Waals surface area contributed by atoms with Gasteiger partial charge in [-0.2, -0.15) is 4.31 Å². The van der Waals surface area contributed by atoms with Crippen LogP contribution in [0.25, 0.3) is 0 Å². The molecular formula is C22H24N4O8S. The molecule has 12 nitrogen and oxygen atoms in total. The van der Waals surface area contributed by atoms with Gasteiger partial charge in [0, 0.05) is 32.1 Å². The first-order valence-electron chi connectivity index (χ1n) is 10.7. The fourth-order valence-corrected chi connectivity index (χ4v) is 5.24. The number of hydrogen-bond acceptors (Lipinski definition) is 8. The second-order valence-corrected chi connectivity index (χ2v) is 9.41. The zero-order valence-electron chi connectivity index (χ0n) is 19.3. The van der Waals surface area contributed by atoms with E-state index in [1.807, 2.05) is 0 Å². The minimum absolute atomic E-state index is 0.0371. The molecule has 0 aliphatic carbocycles. The average molecular weight is 505 g/mol. The van der Waals surface area contributed by atoms with Crippen molar-refractivity contribution in [3.8, 4) is 5.75 Å². The van der Waals surface area contributed by atoms with E-state index in [0.717, 1.165) is 11.0 Å². The van der Waals surface area contributed by atoms with Crippen LogP contribution in [0.5, 0.6) is 5.75 Å². The van der Waals surface area contributed by atoms with Crippen molar-refractivity contribution in [2.45, 2.75) is 25.2 Å². The quantitative estimate of drug-likeness (QED) is 0.293. The SMILES string of the molecule is CCN(CC)S(=O)(=O)c1ccc(OC)c(NC(=O)CCN2C(=O)c3cccc([N+](=O)[O-])c3C2=O)c1. The second-order valence-electron chi connectivity index (χ2n) is 7.47. The van der Waals surface area contributed by atoms with E-state index >= 15 is 0 Å². The molecule has 186 valence electrons. The summed E-state index contributed by atoms with van der Waals surface area (Å²) in [4.78, 5) is 49.1. The fraction of sp³-hybridized carbons (Fsp3) is 0.318. The zero-order valence-corrected chi connectivity index (χ0v) is 20.1. The summed E-state index contributed by atoms with van der Waals surface area (Å²) in [6.07, 6.45) is -0.324. The Morgan fingerprint density at radius 3 is 2.43 bits per heavy atom. The van der Waals surface area contributed by atoms with Crippen LogP contribution in [0.3, 0.4) is 0 Å². The second kappa shape index (κ2) is 10.2. The molecule has 1 aliphatic heterocycles. The number of benzene rings is 2. The molecule has 0 radical (unpaired) electrons. The van der Waals surface area contributed by atoms with Crippen LogP contribution in [-0.4, -0.2) is 67.0 Å². The molecule has 0 saturated heterocycles. The van der Waals surface area contributed by atoms with Crippen LogP contribution in [0.4, 0.5) is 11.4 Å². The number of hydrogen-bond donors (Lipinski definition) is 1. The molecule has 2 aromatic rings. The first-order chi connectivity index (χ1) is 16.6. The van der Waals surface area contributed by atoms with E-state index in [1.54, 1.807) is 13.8 Å². The smallest absolute Gasteiger partial charge is 0.282 e. The lowest BCUT2D eigenvalue weighted by Gasteiger charge is -2.20. The number of ether oxygens (including phenoxy) is 1. The molecule has 0 saturated carbocycles. The van der Waals surface area contributed by atoms with E-state index in [2.05, 4.69) is 5.32 Å². The number of rotatable bonds is 10. The van der Waals surface area contributed by atoms with Crippen LogP contribution < -0.4 is 10.1 Å². The van der Waals surface area contributed by atoms with Gasteiger partial charge in [-0.1, -0.05) is 19.9 Å². The molecule has 0 aromatic heterocycles. The normalized spacial score (nSPS) is 13.2. The number of anilines is 1. The van der Waals surface area contributed by atoms with Crippen molar-refractivity contribution in [3.05, 3.63) is 57.6 Å². The van der Waals surface area contributed by atoms with E-state index in [-0.39, 0.29) is 53.5 Å². The van der Waals surface area contributed by atoms with Crippen LogP contribution in [0.2, 0.25) is 0 Å². The van der Waals surface area contributed by atoms with Crippen LogP contribution in [0.15, 0.2) is 41.3 Å². The van der Waals surface area contributed by atoms with Crippen LogP contribution >= 0.6 is 0 Å². The molecule has 0 fully saturated rings. The molecule has 0 atom stereocenters. The minimum atomic E-state index is -3.79. The van der Waals surface area contributed by atoms with E-state index in [9.17, 15) is 32.9 Å². The molecule has 2 aromatic carbocycles. The highest BCUT2D eigenvalue weighted by Gasteiger charge is 2.40. The Hall–Kier alpha value is -3.84. The predicted octanol–water partition coefficient (Wildman–Crippen LogP) is 2.26. The van der Waals surface area contributed by atoms with Crippen molar-refractivity contribution in [1.82, 2.24) is 9.21 Å². The Morgan fingerprint density at radius 1 is 1.14 bits per heavy atom. The Bertz CT molecular complexity index is 1300. The maximum atomic E-state index is 12.8. The lowest BCUT2D eigenvalue weighted by Crippen LogP contribution is -2.33. The molecule has 3 rings (SSSR count). The van der Waals surface area contributed by atoms with Gasteiger partial charge in [-0.3, -0.25) is 29.4 Å². The Kier molecular flexibility index (Phi) is 7.51. The maximum Gasteiger partial charge on any atom is 0.282 e. The van der Waals surface area contributed by atoms with Crippen molar-refractivity contribution in [1.29, 1.82) is 0 Å². The number of imide groups is 1. The van der Waals surface area contributed by atoms with Crippen molar-refractivity contribution >= 4 is 39.1 Å². The molecule has 3 amide bonds. The monoisotopic (exact) mass is 504 g/mol. The summed E-state index contributed by atoms with van der Waals surface area (Å²) in [5.74, 6) is -1.98. The topological polar surface area (TPSA) is 156 Å². The fourth-order valence-electron chi connectivity index (χ4n) is 3.75. The molecule has 0 bridgehead atoms. The lowest BCUT2D eigenvalue weighted by molar-refractivity contribution is -0.385. The van der Waals surface area contributed by atoms with Gasteiger partial charge in [-0.15, -0.1) is 0 Å². The summed E-state index contributed by atoms with van der Waals surface area (Å²) >= 11 is 0. The van der Waals surface area contributed by atoms with Gasteiger partial charge in [-0.25, -0.2) is 8.42 Å². The number of methoxy groups -OCH3 is 1. The molecule has 1 N–H and O–H groups in total. The van der Waals surface area contributed by atoms with Crippen molar-refractivity contribution in [3.63, 3.8) is 0 Å². The number of sulfonamides is 1. The van der Waals surface area contributed by atoms with Gasteiger partial charge in [-0.05, 0) is 24.3 Å². The van der Waals surface area contributed by atoms with Crippen LogP contribution in [-0.2, 0) is 14.8 Å². The third-order valence-corrected chi connectivity index (χ3v) is 7.57. The van der Waals surface area contributed by atoms with Gasteiger partial charge < -0.3 is 10.1 Å². The predicted molar refractivity (Wildman–Crippen MR) is 125 cm³/mol. The lowest BCUT2D eigenvalue weighted by atomic mass is 10.1.